The van der Waals surface area contributed by atoms with Gasteiger partial charge in [0.2, 0.25) is 11.9 Å². The van der Waals surface area contributed by atoms with Crippen LogP contribution in [0.1, 0.15) is 11.1 Å². The van der Waals surface area contributed by atoms with Crippen molar-refractivity contribution in [3.63, 3.8) is 0 Å². The van der Waals surface area contributed by atoms with Crippen molar-refractivity contribution < 1.29 is 18.0 Å². The summed E-state index contributed by atoms with van der Waals surface area (Å²) in [4.78, 5) is 23.9. The van der Waals surface area contributed by atoms with E-state index >= 15 is 0 Å². The average Bonchev–Trinajstić information content (AvgIpc) is 3.16. The molecule has 0 radical (unpaired) electrons. The minimum Gasteiger partial charge on any atom is -0.350 e. The molecular formula is C19H18F3N7O. The molecule has 30 heavy (non-hydrogen) atoms. The number of carbonyl (C=O) groups excluding carboxylic acids is 1. The number of hydrogen-bond acceptors (Lipinski definition) is 6. The maximum atomic E-state index is 13.4. The fourth-order valence-electron chi connectivity index (χ4n) is 3.14. The van der Waals surface area contributed by atoms with Crippen molar-refractivity contribution >= 4 is 23.4 Å². The Hall–Kier alpha value is -3.63. The van der Waals surface area contributed by atoms with Crippen LogP contribution in [-0.2, 0) is 17.9 Å². The topological polar surface area (TPSA) is 79.2 Å². The highest BCUT2D eigenvalue weighted by Gasteiger charge is 2.26. The van der Waals surface area contributed by atoms with Gasteiger partial charge in [-0.2, -0.15) is 10.1 Å². The number of benzene rings is 1. The van der Waals surface area contributed by atoms with Crippen LogP contribution in [0.25, 0.3) is 0 Å². The molecule has 1 amide bonds. The van der Waals surface area contributed by atoms with Gasteiger partial charge in [0.05, 0.1) is 25.5 Å². The van der Waals surface area contributed by atoms with Crippen LogP contribution in [0.15, 0.2) is 30.7 Å². The third-order valence-electron chi connectivity index (χ3n) is 4.75. The molecule has 156 valence electrons. The van der Waals surface area contributed by atoms with Crippen LogP contribution in [0.2, 0.25) is 0 Å². The lowest BCUT2D eigenvalue weighted by Gasteiger charge is -2.31. The van der Waals surface area contributed by atoms with Crippen LogP contribution in [-0.4, -0.2) is 46.3 Å². The minimum atomic E-state index is -1.49. The van der Waals surface area contributed by atoms with Crippen LogP contribution in [0, 0.1) is 17.5 Å². The first-order valence-corrected chi connectivity index (χ1v) is 9.05. The largest absolute Gasteiger partial charge is 0.350 e. The molecular weight excluding hydrogens is 399 g/mol. The van der Waals surface area contributed by atoms with Crippen molar-refractivity contribution in [2.45, 2.75) is 13.1 Å². The van der Waals surface area contributed by atoms with E-state index in [1.54, 1.807) is 37.6 Å². The summed E-state index contributed by atoms with van der Waals surface area (Å²) >= 11 is 0. The fraction of sp³-hybridized carbons (Fsp3) is 0.263. The number of nitrogens with one attached hydrogen (secondary N) is 1. The van der Waals surface area contributed by atoms with Crippen LogP contribution >= 0.6 is 0 Å². The molecule has 0 saturated heterocycles. The minimum absolute atomic E-state index is 0.0392. The SMILES string of the molecule is CN1CC(=O)N(C)c2cnc(NCc3cnn(Cc4cc(F)c(F)c(F)c4)c3)nc21. The highest BCUT2D eigenvalue weighted by atomic mass is 19.2. The number of nitrogens with zero attached hydrogens (tertiary/aromatic N) is 6. The molecule has 0 fully saturated rings. The highest BCUT2D eigenvalue weighted by molar-refractivity contribution is 6.01. The Bertz CT molecular complexity index is 1090. The Balaban J connectivity index is 1.43. The molecule has 1 aliphatic rings. The number of likely N-dealkylation sites (N-methyl/N-ethyl adjacent to an activating group) is 2. The van der Waals surface area contributed by atoms with E-state index in [1.165, 1.54) is 9.58 Å². The summed E-state index contributed by atoms with van der Waals surface area (Å²) in [7, 11) is 3.46. The Morgan fingerprint density at radius 2 is 1.83 bits per heavy atom. The van der Waals surface area contributed by atoms with E-state index in [0.717, 1.165) is 17.7 Å². The summed E-state index contributed by atoms with van der Waals surface area (Å²) in [5.41, 5.74) is 1.68. The van der Waals surface area contributed by atoms with Crippen LogP contribution in [0.5, 0.6) is 0 Å². The van der Waals surface area contributed by atoms with Crippen LogP contribution in [0.4, 0.5) is 30.6 Å². The van der Waals surface area contributed by atoms with E-state index in [1.807, 2.05) is 0 Å². The van der Waals surface area contributed by atoms with Crippen LogP contribution < -0.4 is 15.1 Å². The first-order chi connectivity index (χ1) is 14.3. The maximum Gasteiger partial charge on any atom is 0.246 e. The second-order valence-electron chi connectivity index (χ2n) is 6.98. The number of hydrogen-bond donors (Lipinski definition) is 1. The number of fused-ring (bicyclic) bond motifs is 1. The first kappa shape index (κ1) is 19.7. The second-order valence-corrected chi connectivity index (χ2v) is 6.98. The van der Waals surface area contributed by atoms with Crippen molar-refractivity contribution in [1.82, 2.24) is 19.7 Å². The third kappa shape index (κ3) is 3.78. The molecule has 11 heteroatoms. The smallest absolute Gasteiger partial charge is 0.246 e. The quantitative estimate of drug-likeness (QED) is 0.641. The number of halogens is 3. The Kier molecular flexibility index (Phi) is 5.02. The molecule has 0 bridgehead atoms. The molecule has 0 unspecified atom stereocenters. The van der Waals surface area contributed by atoms with Crippen molar-refractivity contribution in [1.29, 1.82) is 0 Å². The van der Waals surface area contributed by atoms with E-state index < -0.39 is 17.5 Å². The Morgan fingerprint density at radius 3 is 2.57 bits per heavy atom. The zero-order valence-corrected chi connectivity index (χ0v) is 16.2. The lowest BCUT2D eigenvalue weighted by molar-refractivity contribution is -0.117. The lowest BCUT2D eigenvalue weighted by Crippen LogP contribution is -2.42. The van der Waals surface area contributed by atoms with Gasteiger partial charge in [-0.25, -0.2) is 18.2 Å². The summed E-state index contributed by atoms with van der Waals surface area (Å²) in [6.45, 7) is 0.690. The number of rotatable bonds is 5. The summed E-state index contributed by atoms with van der Waals surface area (Å²) in [5.74, 6) is -2.97. The summed E-state index contributed by atoms with van der Waals surface area (Å²) in [5, 5.41) is 7.24. The van der Waals surface area contributed by atoms with E-state index in [-0.39, 0.29) is 24.6 Å². The summed E-state index contributed by atoms with van der Waals surface area (Å²) < 4.78 is 41.3. The third-order valence-corrected chi connectivity index (χ3v) is 4.75. The van der Waals surface area contributed by atoms with Gasteiger partial charge in [-0.15, -0.1) is 0 Å². The zero-order chi connectivity index (χ0) is 21.4. The predicted molar refractivity (Wildman–Crippen MR) is 104 cm³/mol. The molecule has 3 heterocycles. The normalized spacial score (nSPS) is 13.6. The molecule has 0 saturated carbocycles. The monoisotopic (exact) mass is 417 g/mol. The molecule has 1 aromatic carbocycles. The molecule has 0 spiro atoms. The number of anilines is 3. The number of aromatic nitrogens is 4. The van der Waals surface area contributed by atoms with E-state index in [4.69, 9.17) is 0 Å². The Morgan fingerprint density at radius 1 is 1.10 bits per heavy atom. The van der Waals surface area contributed by atoms with Gasteiger partial charge in [0.15, 0.2) is 23.3 Å². The summed E-state index contributed by atoms with van der Waals surface area (Å²) in [6, 6.07) is 1.88. The van der Waals surface area contributed by atoms with Gasteiger partial charge in [0, 0.05) is 32.4 Å². The van der Waals surface area contributed by atoms with Gasteiger partial charge in [0.1, 0.15) is 5.69 Å². The first-order valence-electron chi connectivity index (χ1n) is 9.05. The van der Waals surface area contributed by atoms with Gasteiger partial charge in [0.25, 0.3) is 0 Å². The van der Waals surface area contributed by atoms with Gasteiger partial charge < -0.3 is 15.1 Å². The molecule has 1 aliphatic heterocycles. The standard InChI is InChI=1S/C19H18F3N7O/c1-27-10-16(30)28(2)15-7-24-19(26-18(15)27)23-5-12-6-25-29(9-12)8-11-3-13(20)17(22)14(21)4-11/h3-4,6-7,9H,5,8,10H2,1-2H3,(H,23,24,26). The highest BCUT2D eigenvalue weighted by Crippen LogP contribution is 2.29. The van der Waals surface area contributed by atoms with Crippen molar-refractivity contribution in [2.24, 2.45) is 0 Å². The molecule has 0 atom stereocenters. The predicted octanol–water partition coefficient (Wildman–Crippen LogP) is 2.16. The fourth-order valence-corrected chi connectivity index (χ4v) is 3.14. The number of carbonyl (C=O) groups is 1. The summed E-state index contributed by atoms with van der Waals surface area (Å²) in [6.07, 6.45) is 4.88. The van der Waals surface area contributed by atoms with E-state index in [2.05, 4.69) is 20.4 Å². The maximum absolute atomic E-state index is 13.4. The van der Waals surface area contributed by atoms with Gasteiger partial charge in [-0.1, -0.05) is 0 Å². The number of amides is 1. The molecule has 8 nitrogen and oxygen atoms in total. The molecule has 0 aliphatic carbocycles. The Labute approximate surface area is 170 Å². The van der Waals surface area contributed by atoms with E-state index in [9.17, 15) is 18.0 Å². The molecule has 2 aromatic heterocycles. The van der Waals surface area contributed by atoms with Gasteiger partial charge >= 0.3 is 0 Å². The van der Waals surface area contributed by atoms with E-state index in [0.29, 0.717) is 24.0 Å². The van der Waals surface area contributed by atoms with Crippen molar-refractivity contribution in [2.75, 3.05) is 35.8 Å². The van der Waals surface area contributed by atoms with Gasteiger partial charge in [-0.3, -0.25) is 9.48 Å². The zero-order valence-electron chi connectivity index (χ0n) is 16.2. The van der Waals surface area contributed by atoms with Crippen LogP contribution in [0.3, 0.4) is 0 Å². The van der Waals surface area contributed by atoms with Gasteiger partial charge in [-0.05, 0) is 17.7 Å². The molecule has 3 aromatic rings. The van der Waals surface area contributed by atoms with Crippen molar-refractivity contribution in [3.8, 4) is 0 Å². The average molecular weight is 417 g/mol. The second kappa shape index (κ2) is 7.65. The molecule has 1 N–H and O–H groups in total. The lowest BCUT2D eigenvalue weighted by atomic mass is 10.2. The van der Waals surface area contributed by atoms with Crippen molar-refractivity contribution in [3.05, 3.63) is 59.3 Å². The molecule has 4 rings (SSSR count).